The van der Waals surface area contributed by atoms with E-state index in [4.69, 9.17) is 4.74 Å². The molecule has 0 aliphatic carbocycles. The number of hydrogen-bond acceptors (Lipinski definition) is 5. The molecule has 2 rings (SSSR count). The van der Waals surface area contributed by atoms with Gasteiger partial charge in [-0.05, 0) is 31.2 Å². The second-order valence-electron chi connectivity index (χ2n) is 5.96. The first-order valence-electron chi connectivity index (χ1n) is 7.85. The lowest BCUT2D eigenvalue weighted by atomic mass is 10.2. The summed E-state index contributed by atoms with van der Waals surface area (Å²) in [6, 6.07) is 5.73. The van der Waals surface area contributed by atoms with Gasteiger partial charge >= 0.3 is 0 Å². The molecule has 0 fully saturated rings. The number of nitrogens with one attached hydrogen (secondary N) is 1. The van der Waals surface area contributed by atoms with E-state index in [-0.39, 0.29) is 12.4 Å². The van der Waals surface area contributed by atoms with Crippen LogP contribution in [0.25, 0.3) is 0 Å². The number of nitrogens with zero attached hydrogens (tertiary/aromatic N) is 3. The third-order valence-electron chi connectivity index (χ3n) is 3.67. The Bertz CT molecular complexity index is 655. The fourth-order valence-corrected chi connectivity index (χ4v) is 2.60. The standard InChI is InChI=1S/C17H25FN4O2/c1-12-16(17(21(2)3)22(4)20-12)10-19-9-14(23)11-24-15-7-5-13(18)6-8-15/h5-8,14,19,23H,9-11H2,1-4H3. The lowest BCUT2D eigenvalue weighted by Crippen LogP contribution is -2.31. The highest BCUT2D eigenvalue weighted by Gasteiger charge is 2.15. The Balaban J connectivity index is 1.80. The molecule has 1 unspecified atom stereocenters. The first kappa shape index (κ1) is 18.2. The largest absolute Gasteiger partial charge is 0.491 e. The van der Waals surface area contributed by atoms with Gasteiger partial charge in [-0.15, -0.1) is 0 Å². The second-order valence-corrected chi connectivity index (χ2v) is 5.96. The molecule has 132 valence electrons. The van der Waals surface area contributed by atoms with Gasteiger partial charge in [-0.2, -0.15) is 5.10 Å². The van der Waals surface area contributed by atoms with Crippen molar-refractivity contribution in [2.45, 2.75) is 19.6 Å². The van der Waals surface area contributed by atoms with Crippen molar-refractivity contribution < 1.29 is 14.2 Å². The average molecular weight is 336 g/mol. The zero-order valence-corrected chi connectivity index (χ0v) is 14.6. The van der Waals surface area contributed by atoms with E-state index in [2.05, 4.69) is 10.4 Å². The highest BCUT2D eigenvalue weighted by molar-refractivity contribution is 5.48. The SMILES string of the molecule is Cc1nn(C)c(N(C)C)c1CNCC(O)COc1ccc(F)cc1. The average Bonchev–Trinajstić information content (AvgIpc) is 2.81. The van der Waals surface area contributed by atoms with Gasteiger partial charge < -0.3 is 20.1 Å². The summed E-state index contributed by atoms with van der Waals surface area (Å²) in [5, 5.41) is 17.7. The predicted molar refractivity (Wildman–Crippen MR) is 91.9 cm³/mol. The number of aliphatic hydroxyl groups is 1. The zero-order chi connectivity index (χ0) is 17.7. The Morgan fingerprint density at radius 2 is 2.00 bits per heavy atom. The maximum Gasteiger partial charge on any atom is 0.130 e. The van der Waals surface area contributed by atoms with Gasteiger partial charge in [-0.25, -0.2) is 4.39 Å². The van der Waals surface area contributed by atoms with Crippen LogP contribution in [-0.2, 0) is 13.6 Å². The molecular weight excluding hydrogens is 311 g/mol. The minimum Gasteiger partial charge on any atom is -0.491 e. The summed E-state index contributed by atoms with van der Waals surface area (Å²) in [5.74, 6) is 1.26. The summed E-state index contributed by atoms with van der Waals surface area (Å²) in [6.45, 7) is 3.12. The Labute approximate surface area is 141 Å². The minimum absolute atomic E-state index is 0.144. The number of aliphatic hydroxyl groups excluding tert-OH is 1. The Morgan fingerprint density at radius 3 is 2.62 bits per heavy atom. The Morgan fingerprint density at radius 1 is 1.33 bits per heavy atom. The molecule has 6 nitrogen and oxygen atoms in total. The van der Waals surface area contributed by atoms with Crippen LogP contribution >= 0.6 is 0 Å². The number of hydrogen-bond donors (Lipinski definition) is 2. The normalized spacial score (nSPS) is 12.2. The van der Waals surface area contributed by atoms with Gasteiger partial charge in [0.05, 0.1) is 5.69 Å². The number of rotatable bonds is 8. The van der Waals surface area contributed by atoms with Crippen molar-refractivity contribution in [3.8, 4) is 5.75 Å². The maximum atomic E-state index is 12.8. The van der Waals surface area contributed by atoms with Gasteiger partial charge in [0.15, 0.2) is 0 Å². The van der Waals surface area contributed by atoms with Crippen molar-refractivity contribution in [2.24, 2.45) is 7.05 Å². The zero-order valence-electron chi connectivity index (χ0n) is 14.6. The van der Waals surface area contributed by atoms with E-state index in [0.29, 0.717) is 18.8 Å². The molecule has 0 aliphatic heterocycles. The number of aromatic nitrogens is 2. The van der Waals surface area contributed by atoms with Crippen molar-refractivity contribution in [3.05, 3.63) is 41.3 Å². The smallest absolute Gasteiger partial charge is 0.130 e. The van der Waals surface area contributed by atoms with E-state index in [1.165, 1.54) is 24.3 Å². The molecule has 0 amide bonds. The van der Waals surface area contributed by atoms with Crippen LogP contribution in [0, 0.1) is 12.7 Å². The highest BCUT2D eigenvalue weighted by atomic mass is 19.1. The summed E-state index contributed by atoms with van der Waals surface area (Å²) in [6.07, 6.45) is -0.658. The predicted octanol–water partition coefficient (Wildman–Crippen LogP) is 1.46. The lowest BCUT2D eigenvalue weighted by Gasteiger charge is -2.17. The summed E-state index contributed by atoms with van der Waals surface area (Å²) < 4.78 is 20.1. The Kier molecular flexibility index (Phi) is 6.16. The van der Waals surface area contributed by atoms with Crippen LogP contribution < -0.4 is 15.0 Å². The van der Waals surface area contributed by atoms with Gasteiger partial charge in [0.1, 0.15) is 30.1 Å². The quantitative estimate of drug-likeness (QED) is 0.764. The van der Waals surface area contributed by atoms with E-state index in [1.807, 2.05) is 37.6 Å². The molecule has 0 saturated heterocycles. The number of aryl methyl sites for hydroxylation is 2. The molecule has 0 spiro atoms. The van der Waals surface area contributed by atoms with Gasteiger partial charge in [0, 0.05) is 39.8 Å². The van der Waals surface area contributed by atoms with Crippen molar-refractivity contribution in [2.75, 3.05) is 32.1 Å². The van der Waals surface area contributed by atoms with Crippen LogP contribution in [0.15, 0.2) is 24.3 Å². The summed E-state index contributed by atoms with van der Waals surface area (Å²) >= 11 is 0. The summed E-state index contributed by atoms with van der Waals surface area (Å²) in [5.41, 5.74) is 2.07. The molecule has 2 N–H and O–H groups in total. The molecule has 1 heterocycles. The summed E-state index contributed by atoms with van der Waals surface area (Å²) in [4.78, 5) is 2.02. The van der Waals surface area contributed by atoms with Crippen LogP contribution in [0.3, 0.4) is 0 Å². The van der Waals surface area contributed by atoms with Crippen molar-refractivity contribution >= 4 is 5.82 Å². The monoisotopic (exact) mass is 336 g/mol. The van der Waals surface area contributed by atoms with Crippen LogP contribution in [-0.4, -0.2) is 48.2 Å². The van der Waals surface area contributed by atoms with Crippen LogP contribution in [0.1, 0.15) is 11.3 Å². The maximum absolute atomic E-state index is 12.8. The van der Waals surface area contributed by atoms with E-state index >= 15 is 0 Å². The molecule has 0 bridgehead atoms. The first-order chi connectivity index (χ1) is 11.4. The Hall–Kier alpha value is -2.12. The van der Waals surface area contributed by atoms with Crippen molar-refractivity contribution in [1.82, 2.24) is 15.1 Å². The van der Waals surface area contributed by atoms with Gasteiger partial charge in [-0.3, -0.25) is 4.68 Å². The van der Waals surface area contributed by atoms with Crippen molar-refractivity contribution in [1.29, 1.82) is 0 Å². The highest BCUT2D eigenvalue weighted by Crippen LogP contribution is 2.20. The van der Waals surface area contributed by atoms with E-state index in [1.54, 1.807) is 0 Å². The number of halogens is 1. The second kappa shape index (κ2) is 8.12. The fourth-order valence-electron chi connectivity index (χ4n) is 2.60. The molecule has 2 aromatic rings. The van der Waals surface area contributed by atoms with Gasteiger partial charge in [-0.1, -0.05) is 0 Å². The molecule has 7 heteroatoms. The number of anilines is 1. The molecule has 0 radical (unpaired) electrons. The van der Waals surface area contributed by atoms with Crippen LogP contribution in [0.5, 0.6) is 5.75 Å². The number of ether oxygens (including phenoxy) is 1. The summed E-state index contributed by atoms with van der Waals surface area (Å²) in [7, 11) is 5.87. The molecule has 0 saturated carbocycles. The van der Waals surface area contributed by atoms with Gasteiger partial charge in [0.25, 0.3) is 0 Å². The lowest BCUT2D eigenvalue weighted by molar-refractivity contribution is 0.106. The molecule has 1 aromatic heterocycles. The van der Waals surface area contributed by atoms with Gasteiger partial charge in [0.2, 0.25) is 0 Å². The first-order valence-corrected chi connectivity index (χ1v) is 7.85. The third kappa shape index (κ3) is 4.69. The van der Waals surface area contributed by atoms with E-state index in [0.717, 1.165) is 17.1 Å². The number of benzene rings is 1. The van der Waals surface area contributed by atoms with E-state index in [9.17, 15) is 9.50 Å². The fraction of sp³-hybridized carbons (Fsp3) is 0.471. The minimum atomic E-state index is -0.658. The van der Waals surface area contributed by atoms with Crippen LogP contribution in [0.4, 0.5) is 10.2 Å². The molecule has 1 atom stereocenters. The van der Waals surface area contributed by atoms with E-state index < -0.39 is 6.10 Å². The molecule has 24 heavy (non-hydrogen) atoms. The third-order valence-corrected chi connectivity index (χ3v) is 3.67. The topological polar surface area (TPSA) is 62.6 Å². The molecule has 1 aromatic carbocycles. The van der Waals surface area contributed by atoms with Crippen molar-refractivity contribution in [3.63, 3.8) is 0 Å². The molecule has 0 aliphatic rings. The van der Waals surface area contributed by atoms with Crippen LogP contribution in [0.2, 0.25) is 0 Å². The molecular formula is C17H25FN4O2.